The zero-order valence-electron chi connectivity index (χ0n) is 12.5. The number of thiazole rings is 1. The van der Waals surface area contributed by atoms with Crippen LogP contribution in [0.5, 0.6) is 0 Å². The van der Waals surface area contributed by atoms with Crippen LogP contribution in [0.15, 0.2) is 52.9 Å². The number of fused-ring (bicyclic) bond motifs is 1. The average Bonchev–Trinajstić information content (AvgIpc) is 2.95. The van der Waals surface area contributed by atoms with Crippen molar-refractivity contribution in [2.75, 3.05) is 12.8 Å². The number of carbonyl (C=O) groups excluding carboxylic acids is 1. The van der Waals surface area contributed by atoms with Crippen molar-refractivity contribution in [1.82, 2.24) is 9.88 Å². The van der Waals surface area contributed by atoms with Crippen molar-refractivity contribution < 1.29 is 4.79 Å². The number of carbonyl (C=O) groups is 1. The van der Waals surface area contributed by atoms with Crippen molar-refractivity contribution in [2.45, 2.75) is 10.9 Å². The second kappa shape index (κ2) is 7.34. The Morgan fingerprint density at radius 2 is 2.09 bits per heavy atom. The summed E-state index contributed by atoms with van der Waals surface area (Å²) in [7, 11) is 1.81. The lowest BCUT2D eigenvalue weighted by Crippen LogP contribution is -2.27. The number of hydrogen-bond acceptors (Lipinski definition) is 4. The van der Waals surface area contributed by atoms with Gasteiger partial charge in [0.05, 0.1) is 16.0 Å². The predicted molar refractivity (Wildman–Crippen MR) is 98.3 cm³/mol. The van der Waals surface area contributed by atoms with E-state index in [0.29, 0.717) is 17.3 Å². The molecule has 0 aliphatic heterocycles. The quantitative estimate of drug-likeness (QED) is 0.617. The van der Waals surface area contributed by atoms with Crippen LogP contribution in [0.2, 0.25) is 5.02 Å². The minimum atomic E-state index is 0.0780. The van der Waals surface area contributed by atoms with E-state index in [1.54, 1.807) is 16.2 Å². The van der Waals surface area contributed by atoms with Gasteiger partial charge in [-0.2, -0.15) is 0 Å². The van der Waals surface area contributed by atoms with Crippen LogP contribution in [-0.4, -0.2) is 28.6 Å². The second-order valence-electron chi connectivity index (χ2n) is 5.12. The molecule has 6 heteroatoms. The number of halogens is 1. The van der Waals surface area contributed by atoms with Crippen LogP contribution >= 0.6 is 34.7 Å². The maximum atomic E-state index is 12.3. The van der Waals surface area contributed by atoms with Gasteiger partial charge in [-0.25, -0.2) is 4.98 Å². The number of para-hydroxylation sites is 1. The van der Waals surface area contributed by atoms with Crippen molar-refractivity contribution in [3.05, 3.63) is 59.1 Å². The molecular weight excluding hydrogens is 348 g/mol. The van der Waals surface area contributed by atoms with E-state index >= 15 is 0 Å². The zero-order valence-corrected chi connectivity index (χ0v) is 14.9. The molecule has 1 heterocycles. The number of amides is 1. The van der Waals surface area contributed by atoms with Crippen LogP contribution in [0.1, 0.15) is 5.56 Å². The van der Waals surface area contributed by atoms with E-state index in [-0.39, 0.29) is 5.91 Å². The van der Waals surface area contributed by atoms with Gasteiger partial charge < -0.3 is 4.90 Å². The van der Waals surface area contributed by atoms with Gasteiger partial charge in [0.2, 0.25) is 5.91 Å². The number of aromatic nitrogens is 1. The normalized spacial score (nSPS) is 10.9. The Labute approximate surface area is 148 Å². The first-order chi connectivity index (χ1) is 11.1. The van der Waals surface area contributed by atoms with Crippen molar-refractivity contribution >= 4 is 50.8 Å². The van der Waals surface area contributed by atoms with Gasteiger partial charge in [-0.3, -0.25) is 4.79 Å². The summed E-state index contributed by atoms with van der Waals surface area (Å²) in [6.45, 7) is 0.555. The van der Waals surface area contributed by atoms with Gasteiger partial charge in [0, 0.05) is 18.6 Å². The van der Waals surface area contributed by atoms with E-state index in [0.717, 1.165) is 20.1 Å². The lowest BCUT2D eigenvalue weighted by molar-refractivity contribution is -0.127. The van der Waals surface area contributed by atoms with Crippen molar-refractivity contribution in [1.29, 1.82) is 0 Å². The number of benzene rings is 2. The molecule has 0 radical (unpaired) electrons. The first-order valence-corrected chi connectivity index (χ1v) is 9.26. The van der Waals surface area contributed by atoms with E-state index < -0.39 is 0 Å². The Hall–Kier alpha value is -1.56. The maximum Gasteiger partial charge on any atom is 0.233 e. The number of hydrogen-bond donors (Lipinski definition) is 0. The molecule has 0 atom stereocenters. The molecule has 118 valence electrons. The smallest absolute Gasteiger partial charge is 0.233 e. The maximum absolute atomic E-state index is 12.3. The topological polar surface area (TPSA) is 33.2 Å². The van der Waals surface area contributed by atoms with Crippen molar-refractivity contribution in [2.24, 2.45) is 0 Å². The Morgan fingerprint density at radius 1 is 1.26 bits per heavy atom. The lowest BCUT2D eigenvalue weighted by Gasteiger charge is -2.16. The van der Waals surface area contributed by atoms with Gasteiger partial charge in [-0.05, 0) is 29.8 Å². The fourth-order valence-corrected chi connectivity index (χ4v) is 4.37. The largest absolute Gasteiger partial charge is 0.341 e. The Bertz CT molecular complexity index is 801. The summed E-state index contributed by atoms with van der Waals surface area (Å²) >= 11 is 9.08. The molecule has 0 unspecified atom stereocenters. The molecule has 23 heavy (non-hydrogen) atoms. The van der Waals surface area contributed by atoms with Crippen molar-refractivity contribution in [3.63, 3.8) is 0 Å². The molecule has 1 amide bonds. The molecule has 0 aliphatic carbocycles. The zero-order chi connectivity index (χ0) is 16.2. The van der Waals surface area contributed by atoms with Gasteiger partial charge in [-0.1, -0.05) is 47.6 Å². The highest BCUT2D eigenvalue weighted by Crippen LogP contribution is 2.29. The number of nitrogens with zero attached hydrogens (tertiary/aromatic N) is 2. The molecule has 0 bridgehead atoms. The fraction of sp³-hybridized carbons (Fsp3) is 0.176. The molecule has 3 aromatic rings. The predicted octanol–water partition coefficient (Wildman–Crippen LogP) is 4.70. The molecule has 1 aromatic heterocycles. The summed E-state index contributed by atoms with van der Waals surface area (Å²) in [4.78, 5) is 18.5. The van der Waals surface area contributed by atoms with Crippen LogP contribution < -0.4 is 0 Å². The van der Waals surface area contributed by atoms with Gasteiger partial charge >= 0.3 is 0 Å². The molecule has 0 N–H and O–H groups in total. The summed E-state index contributed by atoms with van der Waals surface area (Å²) < 4.78 is 2.07. The molecular formula is C17H15ClN2OS2. The van der Waals surface area contributed by atoms with E-state index in [4.69, 9.17) is 11.6 Å². The monoisotopic (exact) mass is 362 g/mol. The molecule has 0 saturated heterocycles. The van der Waals surface area contributed by atoms with E-state index in [2.05, 4.69) is 4.98 Å². The third-order valence-corrected chi connectivity index (χ3v) is 5.73. The summed E-state index contributed by atoms with van der Waals surface area (Å²) in [5.41, 5.74) is 2.01. The van der Waals surface area contributed by atoms with Gasteiger partial charge in [0.1, 0.15) is 0 Å². The summed E-state index contributed by atoms with van der Waals surface area (Å²) in [5, 5.41) is 0.687. The number of thioether (sulfide) groups is 1. The van der Waals surface area contributed by atoms with Crippen LogP contribution in [0.25, 0.3) is 10.2 Å². The standard InChI is InChI=1S/C17H15ClN2OS2/c1-20(10-12-5-4-6-13(18)9-12)16(21)11-22-17-19-14-7-2-3-8-15(14)23-17/h2-9H,10-11H2,1H3. The molecule has 2 aromatic carbocycles. The van der Waals surface area contributed by atoms with Crippen LogP contribution in [0.4, 0.5) is 0 Å². The second-order valence-corrected chi connectivity index (χ2v) is 7.81. The first kappa shape index (κ1) is 16.3. The SMILES string of the molecule is CN(Cc1cccc(Cl)c1)C(=O)CSc1nc2ccccc2s1. The lowest BCUT2D eigenvalue weighted by atomic mass is 10.2. The third-order valence-electron chi connectivity index (χ3n) is 3.33. The Balaban J connectivity index is 1.58. The highest BCUT2D eigenvalue weighted by atomic mass is 35.5. The summed E-state index contributed by atoms with van der Waals surface area (Å²) in [6.07, 6.45) is 0. The average molecular weight is 363 g/mol. The van der Waals surface area contributed by atoms with E-state index in [1.807, 2.05) is 55.6 Å². The minimum Gasteiger partial charge on any atom is -0.341 e. The fourth-order valence-electron chi connectivity index (χ4n) is 2.14. The number of rotatable bonds is 5. The Kier molecular flexibility index (Phi) is 5.20. The van der Waals surface area contributed by atoms with Gasteiger partial charge in [0.15, 0.2) is 4.34 Å². The third kappa shape index (κ3) is 4.25. The highest BCUT2D eigenvalue weighted by Gasteiger charge is 2.12. The molecule has 0 saturated carbocycles. The molecule has 3 rings (SSSR count). The minimum absolute atomic E-state index is 0.0780. The molecule has 0 spiro atoms. The highest BCUT2D eigenvalue weighted by molar-refractivity contribution is 8.01. The first-order valence-electron chi connectivity index (χ1n) is 7.08. The van der Waals surface area contributed by atoms with Gasteiger partial charge in [-0.15, -0.1) is 11.3 Å². The van der Waals surface area contributed by atoms with Gasteiger partial charge in [0.25, 0.3) is 0 Å². The molecule has 0 aliphatic rings. The van der Waals surface area contributed by atoms with E-state index in [1.165, 1.54) is 11.8 Å². The molecule has 0 fully saturated rings. The summed E-state index contributed by atoms with van der Waals surface area (Å²) in [5.74, 6) is 0.464. The van der Waals surface area contributed by atoms with Crippen molar-refractivity contribution in [3.8, 4) is 0 Å². The van der Waals surface area contributed by atoms with Crippen LogP contribution in [0, 0.1) is 0 Å². The van der Waals surface area contributed by atoms with Crippen LogP contribution in [0.3, 0.4) is 0 Å². The van der Waals surface area contributed by atoms with E-state index in [9.17, 15) is 4.79 Å². The Morgan fingerprint density at radius 3 is 2.87 bits per heavy atom. The van der Waals surface area contributed by atoms with Crippen LogP contribution in [-0.2, 0) is 11.3 Å². The molecule has 3 nitrogen and oxygen atoms in total. The summed E-state index contributed by atoms with van der Waals surface area (Å²) in [6, 6.07) is 15.6.